The zero-order chi connectivity index (χ0) is 19.4. The summed E-state index contributed by atoms with van der Waals surface area (Å²) in [5.74, 6) is -0.139. The first-order chi connectivity index (χ1) is 13.0. The summed E-state index contributed by atoms with van der Waals surface area (Å²) in [4.78, 5) is 19.2. The van der Waals surface area contributed by atoms with Crippen LogP contribution in [-0.4, -0.2) is 15.8 Å². The summed E-state index contributed by atoms with van der Waals surface area (Å²) in [5.41, 5.74) is 2.26. The third kappa shape index (κ3) is 4.81. The number of carbonyl (C=O) groups excluding carboxylic acids is 1. The lowest BCUT2D eigenvalue weighted by atomic mass is 10.1. The van der Waals surface area contributed by atoms with Gasteiger partial charge in [0.25, 0.3) is 5.91 Å². The van der Waals surface area contributed by atoms with Gasteiger partial charge in [-0.1, -0.05) is 53.0 Å². The number of nitrogens with zero attached hydrogens (tertiary/aromatic N) is 2. The molecule has 0 radical (unpaired) electrons. The molecule has 0 aliphatic heterocycles. The summed E-state index contributed by atoms with van der Waals surface area (Å²) < 4.78 is 0. The van der Waals surface area contributed by atoms with E-state index in [1.807, 2.05) is 25.1 Å². The van der Waals surface area contributed by atoms with E-state index in [2.05, 4.69) is 4.98 Å². The van der Waals surface area contributed by atoms with Gasteiger partial charge in [-0.25, -0.2) is 0 Å². The fourth-order valence-corrected chi connectivity index (χ4v) is 3.47. The van der Waals surface area contributed by atoms with Crippen LogP contribution in [-0.2, 0) is 6.54 Å². The van der Waals surface area contributed by atoms with E-state index in [9.17, 15) is 4.79 Å². The Morgan fingerprint density at radius 3 is 2.48 bits per heavy atom. The molecule has 138 valence electrons. The molecule has 0 saturated carbocycles. The van der Waals surface area contributed by atoms with Crippen LogP contribution in [0.5, 0.6) is 0 Å². The standard InChI is InChI=1S/C21H17Cl3N2O/c1-14(16-5-3-9-25-12-16)26(13-17-7-8-19(23)11-20(17)24)21(27)15-4-2-6-18(22)10-15/h2-12,14H,13H2,1H3/t14-/m1/s1. The van der Waals surface area contributed by atoms with E-state index in [0.29, 0.717) is 27.2 Å². The minimum Gasteiger partial charge on any atom is -0.327 e. The molecule has 3 rings (SSSR count). The molecule has 0 bridgehead atoms. The third-order valence-electron chi connectivity index (χ3n) is 4.32. The van der Waals surface area contributed by atoms with Crippen molar-refractivity contribution in [3.05, 3.63) is 98.7 Å². The van der Waals surface area contributed by atoms with Crippen molar-refractivity contribution in [3.8, 4) is 0 Å². The van der Waals surface area contributed by atoms with Gasteiger partial charge in [-0.3, -0.25) is 9.78 Å². The summed E-state index contributed by atoms with van der Waals surface area (Å²) in [6.07, 6.45) is 3.46. The molecular weight excluding hydrogens is 403 g/mol. The zero-order valence-electron chi connectivity index (χ0n) is 14.6. The smallest absolute Gasteiger partial charge is 0.254 e. The van der Waals surface area contributed by atoms with E-state index < -0.39 is 0 Å². The summed E-state index contributed by atoms with van der Waals surface area (Å²) >= 11 is 18.4. The lowest BCUT2D eigenvalue weighted by molar-refractivity contribution is 0.0674. The Labute approximate surface area is 173 Å². The van der Waals surface area contributed by atoms with Crippen molar-refractivity contribution in [2.45, 2.75) is 19.5 Å². The van der Waals surface area contributed by atoms with Crippen molar-refractivity contribution in [1.29, 1.82) is 0 Å². The van der Waals surface area contributed by atoms with Crippen molar-refractivity contribution in [1.82, 2.24) is 9.88 Å². The quantitative estimate of drug-likeness (QED) is 0.476. The van der Waals surface area contributed by atoms with Crippen LogP contribution in [0.3, 0.4) is 0 Å². The van der Waals surface area contributed by atoms with Crippen LogP contribution in [0.25, 0.3) is 0 Å². The number of aromatic nitrogens is 1. The minimum absolute atomic E-state index is 0.139. The summed E-state index contributed by atoms with van der Waals surface area (Å²) in [7, 11) is 0. The first kappa shape index (κ1) is 19.7. The van der Waals surface area contributed by atoms with Gasteiger partial charge in [0, 0.05) is 39.6 Å². The average Bonchev–Trinajstić information content (AvgIpc) is 2.67. The van der Waals surface area contributed by atoms with Gasteiger partial charge >= 0.3 is 0 Å². The predicted molar refractivity (Wildman–Crippen MR) is 110 cm³/mol. The second kappa shape index (κ2) is 8.75. The monoisotopic (exact) mass is 418 g/mol. The van der Waals surface area contributed by atoms with Gasteiger partial charge in [-0.15, -0.1) is 0 Å². The fraction of sp³-hybridized carbons (Fsp3) is 0.143. The molecule has 0 unspecified atom stereocenters. The lowest BCUT2D eigenvalue weighted by Crippen LogP contribution is -2.33. The maximum atomic E-state index is 13.3. The molecule has 0 spiro atoms. The van der Waals surface area contributed by atoms with Crippen LogP contribution in [0.4, 0.5) is 0 Å². The largest absolute Gasteiger partial charge is 0.327 e. The Hall–Kier alpha value is -2.07. The maximum absolute atomic E-state index is 13.3. The third-order valence-corrected chi connectivity index (χ3v) is 5.14. The van der Waals surface area contributed by atoms with E-state index in [1.54, 1.807) is 53.7 Å². The number of pyridine rings is 1. The van der Waals surface area contributed by atoms with Gasteiger partial charge in [0.1, 0.15) is 0 Å². The highest BCUT2D eigenvalue weighted by molar-refractivity contribution is 6.35. The van der Waals surface area contributed by atoms with Crippen molar-refractivity contribution in [3.63, 3.8) is 0 Å². The first-order valence-corrected chi connectivity index (χ1v) is 9.49. The molecule has 0 N–H and O–H groups in total. The van der Waals surface area contributed by atoms with Crippen LogP contribution >= 0.6 is 34.8 Å². The Morgan fingerprint density at radius 2 is 1.81 bits per heavy atom. The normalized spacial score (nSPS) is 11.9. The number of benzene rings is 2. The number of rotatable bonds is 5. The van der Waals surface area contributed by atoms with Crippen LogP contribution in [0.2, 0.25) is 15.1 Å². The van der Waals surface area contributed by atoms with Crippen molar-refractivity contribution >= 4 is 40.7 Å². The summed E-state index contributed by atoms with van der Waals surface area (Å²) in [6, 6.07) is 15.8. The van der Waals surface area contributed by atoms with Gasteiger partial charge in [0.05, 0.1) is 6.04 Å². The molecule has 0 aliphatic carbocycles. The second-order valence-corrected chi connectivity index (χ2v) is 7.42. The topological polar surface area (TPSA) is 33.2 Å². The number of halogens is 3. The molecule has 1 atom stereocenters. The Balaban J connectivity index is 1.99. The molecule has 27 heavy (non-hydrogen) atoms. The molecule has 6 heteroatoms. The molecule has 0 saturated heterocycles. The van der Waals surface area contributed by atoms with Crippen LogP contribution in [0, 0.1) is 0 Å². The van der Waals surface area contributed by atoms with Crippen molar-refractivity contribution in [2.75, 3.05) is 0 Å². The van der Waals surface area contributed by atoms with E-state index >= 15 is 0 Å². The van der Waals surface area contributed by atoms with Crippen molar-refractivity contribution < 1.29 is 4.79 Å². The highest BCUT2D eigenvalue weighted by Gasteiger charge is 2.24. The van der Waals surface area contributed by atoms with E-state index in [0.717, 1.165) is 11.1 Å². The molecule has 0 fully saturated rings. The molecule has 0 aliphatic rings. The van der Waals surface area contributed by atoms with E-state index in [-0.39, 0.29) is 11.9 Å². The minimum atomic E-state index is -0.211. The van der Waals surface area contributed by atoms with E-state index in [4.69, 9.17) is 34.8 Å². The highest BCUT2D eigenvalue weighted by Crippen LogP contribution is 2.28. The fourth-order valence-electron chi connectivity index (χ4n) is 2.81. The van der Waals surface area contributed by atoms with Gasteiger partial charge in [0.15, 0.2) is 0 Å². The molecule has 1 aromatic heterocycles. The lowest BCUT2D eigenvalue weighted by Gasteiger charge is -2.30. The second-order valence-electron chi connectivity index (χ2n) is 6.14. The number of carbonyl (C=O) groups is 1. The Morgan fingerprint density at radius 1 is 1.04 bits per heavy atom. The molecule has 2 aromatic carbocycles. The number of hydrogen-bond donors (Lipinski definition) is 0. The SMILES string of the molecule is C[C@H](c1cccnc1)N(Cc1ccc(Cl)cc1Cl)C(=O)c1cccc(Cl)c1. The predicted octanol–water partition coefficient (Wildman–Crippen LogP) is 6.45. The van der Waals surface area contributed by atoms with Crippen LogP contribution < -0.4 is 0 Å². The Bertz CT molecular complexity index is 947. The van der Waals surface area contributed by atoms with Gasteiger partial charge < -0.3 is 4.90 Å². The van der Waals surface area contributed by atoms with Gasteiger partial charge in [-0.05, 0) is 54.4 Å². The first-order valence-electron chi connectivity index (χ1n) is 8.36. The van der Waals surface area contributed by atoms with Crippen LogP contribution in [0.15, 0.2) is 67.0 Å². The van der Waals surface area contributed by atoms with Gasteiger partial charge in [0.2, 0.25) is 0 Å². The maximum Gasteiger partial charge on any atom is 0.254 e. The molecule has 1 heterocycles. The Kier molecular flexibility index (Phi) is 6.38. The number of hydrogen-bond acceptors (Lipinski definition) is 2. The summed E-state index contributed by atoms with van der Waals surface area (Å²) in [5, 5.41) is 1.58. The highest BCUT2D eigenvalue weighted by atomic mass is 35.5. The molecule has 3 aromatic rings. The molecular formula is C21H17Cl3N2O. The number of amides is 1. The average molecular weight is 420 g/mol. The molecule has 3 nitrogen and oxygen atoms in total. The molecule has 1 amide bonds. The summed E-state index contributed by atoms with van der Waals surface area (Å²) in [6.45, 7) is 2.29. The zero-order valence-corrected chi connectivity index (χ0v) is 16.8. The van der Waals surface area contributed by atoms with Gasteiger partial charge in [-0.2, -0.15) is 0 Å². The van der Waals surface area contributed by atoms with E-state index in [1.165, 1.54) is 0 Å². The van der Waals surface area contributed by atoms with Crippen molar-refractivity contribution in [2.24, 2.45) is 0 Å². The van der Waals surface area contributed by atoms with Crippen LogP contribution in [0.1, 0.15) is 34.5 Å².